The second-order valence-corrected chi connectivity index (χ2v) is 5.38. The van der Waals surface area contributed by atoms with E-state index < -0.39 is 0 Å². The maximum atomic E-state index is 11.6. The van der Waals surface area contributed by atoms with Crippen LogP contribution in [-0.4, -0.2) is 29.1 Å². The van der Waals surface area contributed by atoms with Crippen molar-refractivity contribution in [2.75, 3.05) is 11.0 Å². The molecule has 1 unspecified atom stereocenters. The molecule has 5 heteroatoms. The Morgan fingerprint density at radius 2 is 1.79 bits per heavy atom. The Balaban J connectivity index is 3.77. The number of halogens is 1. The molecule has 0 saturated heterocycles. The molecule has 0 bridgehead atoms. The van der Waals surface area contributed by atoms with Gasteiger partial charge >= 0.3 is 11.9 Å². The van der Waals surface area contributed by atoms with E-state index in [1.807, 2.05) is 6.92 Å². The number of carbonyl (C=O) groups is 2. The largest absolute Gasteiger partial charge is 0.466 e. The highest BCUT2D eigenvalue weighted by Gasteiger charge is 2.17. The fraction of sp³-hybridized carbons (Fsp3) is 0.857. The number of rotatable bonds is 11. The zero-order chi connectivity index (χ0) is 14.5. The highest BCUT2D eigenvalue weighted by molar-refractivity contribution is 14.1. The lowest BCUT2D eigenvalue weighted by Crippen LogP contribution is -2.24. The van der Waals surface area contributed by atoms with Gasteiger partial charge in [0, 0.05) is 10.8 Å². The smallest absolute Gasteiger partial charge is 0.309 e. The summed E-state index contributed by atoms with van der Waals surface area (Å²) in [6.45, 7) is 4.53. The molecule has 0 aromatic rings. The number of ether oxygens (including phenoxy) is 2. The highest BCUT2D eigenvalue weighted by atomic mass is 127. The SMILES string of the molecule is CCCCCCOC(=O)CC(CI)OC(=O)CCC. The van der Waals surface area contributed by atoms with E-state index in [1.165, 1.54) is 6.42 Å². The van der Waals surface area contributed by atoms with Gasteiger partial charge in [-0.1, -0.05) is 55.7 Å². The minimum Gasteiger partial charge on any atom is -0.466 e. The zero-order valence-corrected chi connectivity index (χ0v) is 14.1. The third-order valence-corrected chi connectivity index (χ3v) is 3.56. The van der Waals surface area contributed by atoms with E-state index in [9.17, 15) is 9.59 Å². The van der Waals surface area contributed by atoms with Gasteiger partial charge in [-0.25, -0.2) is 0 Å². The van der Waals surface area contributed by atoms with E-state index in [1.54, 1.807) is 0 Å². The highest BCUT2D eigenvalue weighted by Crippen LogP contribution is 2.08. The summed E-state index contributed by atoms with van der Waals surface area (Å²) in [7, 11) is 0. The minimum absolute atomic E-state index is 0.159. The molecule has 0 radical (unpaired) electrons. The first-order chi connectivity index (χ1) is 9.13. The van der Waals surface area contributed by atoms with Crippen molar-refractivity contribution in [3.8, 4) is 0 Å². The Morgan fingerprint density at radius 3 is 2.37 bits per heavy atom. The van der Waals surface area contributed by atoms with Crippen LogP contribution >= 0.6 is 22.6 Å². The second kappa shape index (κ2) is 12.7. The van der Waals surface area contributed by atoms with Crippen molar-refractivity contribution < 1.29 is 19.1 Å². The van der Waals surface area contributed by atoms with Crippen molar-refractivity contribution in [3.63, 3.8) is 0 Å². The van der Waals surface area contributed by atoms with Gasteiger partial charge in [0.15, 0.2) is 0 Å². The van der Waals surface area contributed by atoms with Gasteiger partial charge in [-0.05, 0) is 12.8 Å². The van der Waals surface area contributed by atoms with Crippen LogP contribution < -0.4 is 0 Å². The van der Waals surface area contributed by atoms with E-state index in [2.05, 4.69) is 29.5 Å². The zero-order valence-electron chi connectivity index (χ0n) is 12.0. The average molecular weight is 384 g/mol. The summed E-state index contributed by atoms with van der Waals surface area (Å²) in [5, 5.41) is 0. The number of hydrogen-bond acceptors (Lipinski definition) is 4. The molecule has 0 saturated carbocycles. The molecule has 0 N–H and O–H groups in total. The maximum absolute atomic E-state index is 11.6. The van der Waals surface area contributed by atoms with Crippen molar-refractivity contribution in [3.05, 3.63) is 0 Å². The van der Waals surface area contributed by atoms with E-state index >= 15 is 0 Å². The van der Waals surface area contributed by atoms with Crippen molar-refractivity contribution in [2.24, 2.45) is 0 Å². The van der Waals surface area contributed by atoms with E-state index in [-0.39, 0.29) is 24.5 Å². The van der Waals surface area contributed by atoms with Crippen LogP contribution in [0.1, 0.15) is 58.8 Å². The van der Waals surface area contributed by atoms with Crippen LogP contribution in [0, 0.1) is 0 Å². The number of carbonyl (C=O) groups excluding carboxylic acids is 2. The summed E-state index contributed by atoms with van der Waals surface area (Å²) in [5.41, 5.74) is 0. The van der Waals surface area contributed by atoms with E-state index in [0.29, 0.717) is 17.5 Å². The number of alkyl halides is 1. The Hall–Kier alpha value is -0.330. The quantitative estimate of drug-likeness (QED) is 0.236. The third-order valence-electron chi connectivity index (χ3n) is 2.58. The fourth-order valence-electron chi connectivity index (χ4n) is 1.54. The van der Waals surface area contributed by atoms with Crippen molar-refractivity contribution in [1.82, 2.24) is 0 Å². The van der Waals surface area contributed by atoms with Crippen molar-refractivity contribution in [1.29, 1.82) is 0 Å². The summed E-state index contributed by atoms with van der Waals surface area (Å²) in [6.07, 6.45) is 5.29. The first kappa shape index (κ1) is 18.7. The molecular formula is C14H25IO4. The van der Waals surface area contributed by atoms with Gasteiger partial charge in [0.2, 0.25) is 0 Å². The normalized spacial score (nSPS) is 11.9. The molecule has 0 heterocycles. The molecule has 0 amide bonds. The van der Waals surface area contributed by atoms with Gasteiger partial charge in [0.1, 0.15) is 6.10 Å². The molecule has 112 valence electrons. The number of esters is 2. The first-order valence-corrected chi connectivity index (χ1v) is 8.57. The average Bonchev–Trinajstić information content (AvgIpc) is 2.38. The molecule has 0 aliphatic rings. The van der Waals surface area contributed by atoms with Crippen LogP contribution in [0.15, 0.2) is 0 Å². The lowest BCUT2D eigenvalue weighted by molar-refractivity contribution is -0.153. The van der Waals surface area contributed by atoms with Gasteiger partial charge in [-0.2, -0.15) is 0 Å². The lowest BCUT2D eigenvalue weighted by atomic mass is 10.2. The molecule has 19 heavy (non-hydrogen) atoms. The van der Waals surface area contributed by atoms with Gasteiger partial charge in [0.25, 0.3) is 0 Å². The molecule has 0 aromatic heterocycles. The molecule has 4 nitrogen and oxygen atoms in total. The fourth-order valence-corrected chi connectivity index (χ4v) is 2.03. The Morgan fingerprint density at radius 1 is 1.05 bits per heavy atom. The van der Waals surface area contributed by atoms with Crippen LogP contribution in [0.5, 0.6) is 0 Å². The van der Waals surface area contributed by atoms with Crippen molar-refractivity contribution in [2.45, 2.75) is 64.9 Å². The molecule has 0 aromatic carbocycles. The summed E-state index contributed by atoms with van der Waals surface area (Å²) < 4.78 is 10.9. The van der Waals surface area contributed by atoms with Crippen LogP contribution in [0.25, 0.3) is 0 Å². The predicted molar refractivity (Wildman–Crippen MR) is 83.4 cm³/mol. The van der Waals surface area contributed by atoms with Crippen LogP contribution in [-0.2, 0) is 19.1 Å². The van der Waals surface area contributed by atoms with Crippen LogP contribution in [0.2, 0.25) is 0 Å². The summed E-state index contributed by atoms with van der Waals surface area (Å²) in [6, 6.07) is 0. The summed E-state index contributed by atoms with van der Waals surface area (Å²) in [4.78, 5) is 22.9. The second-order valence-electron chi connectivity index (χ2n) is 4.50. The molecule has 0 rings (SSSR count). The van der Waals surface area contributed by atoms with Crippen LogP contribution in [0.4, 0.5) is 0 Å². The Bertz CT molecular complexity index is 256. The minimum atomic E-state index is -0.359. The molecule has 0 aliphatic heterocycles. The van der Waals surface area contributed by atoms with Gasteiger partial charge < -0.3 is 9.47 Å². The lowest BCUT2D eigenvalue weighted by Gasteiger charge is -2.14. The number of unbranched alkanes of at least 4 members (excludes halogenated alkanes) is 3. The molecule has 0 fully saturated rings. The monoisotopic (exact) mass is 384 g/mol. The topological polar surface area (TPSA) is 52.6 Å². The molecule has 1 atom stereocenters. The Labute approximate surface area is 129 Å². The van der Waals surface area contributed by atoms with Gasteiger partial charge in [-0.3, -0.25) is 9.59 Å². The maximum Gasteiger partial charge on any atom is 0.309 e. The third kappa shape index (κ3) is 11.2. The van der Waals surface area contributed by atoms with E-state index in [0.717, 1.165) is 25.7 Å². The van der Waals surface area contributed by atoms with E-state index in [4.69, 9.17) is 9.47 Å². The summed E-state index contributed by atoms with van der Waals surface area (Å²) in [5.74, 6) is -0.512. The van der Waals surface area contributed by atoms with Crippen molar-refractivity contribution >= 4 is 34.5 Å². The Kier molecular flexibility index (Phi) is 12.5. The van der Waals surface area contributed by atoms with Gasteiger partial charge in [0.05, 0.1) is 13.0 Å². The first-order valence-electron chi connectivity index (χ1n) is 7.05. The standard InChI is InChI=1S/C14H25IO4/c1-3-5-6-7-9-18-14(17)10-12(11-15)19-13(16)8-4-2/h12H,3-11H2,1-2H3. The van der Waals surface area contributed by atoms with Gasteiger partial charge in [-0.15, -0.1) is 0 Å². The summed E-state index contributed by atoms with van der Waals surface area (Å²) >= 11 is 2.12. The molecule has 0 aliphatic carbocycles. The predicted octanol–water partition coefficient (Wildman–Crippen LogP) is 3.65. The van der Waals surface area contributed by atoms with Crippen LogP contribution in [0.3, 0.4) is 0 Å². The molecular weight excluding hydrogens is 359 g/mol. The molecule has 0 spiro atoms. The number of hydrogen-bond donors (Lipinski definition) is 0.